The van der Waals surface area contributed by atoms with Crippen LogP contribution in [0.2, 0.25) is 0 Å². The molecule has 0 atom stereocenters. The lowest BCUT2D eigenvalue weighted by Gasteiger charge is -2.20. The van der Waals surface area contributed by atoms with E-state index in [0.717, 1.165) is 10.8 Å². The van der Waals surface area contributed by atoms with Gasteiger partial charge in [-0.3, -0.25) is 0 Å². The first-order valence-corrected chi connectivity index (χ1v) is 5.60. The van der Waals surface area contributed by atoms with Gasteiger partial charge in [-0.05, 0) is 11.5 Å². The van der Waals surface area contributed by atoms with Crippen molar-refractivity contribution >= 4 is 16.6 Å². The fraction of sp³-hybridized carbons (Fsp3) is 0.308. The Kier molecular flexibility index (Phi) is 3.72. The number of aliphatic hydroxyl groups is 1. The maximum atomic E-state index is 12.4. The highest BCUT2D eigenvalue weighted by atomic mass is 19.3. The highest BCUT2D eigenvalue weighted by Gasteiger charge is 2.13. The summed E-state index contributed by atoms with van der Waals surface area (Å²) < 4.78 is 24.9. The van der Waals surface area contributed by atoms with Gasteiger partial charge >= 0.3 is 0 Å². The van der Waals surface area contributed by atoms with Crippen molar-refractivity contribution in [2.75, 3.05) is 18.5 Å². The molecule has 1 N–H and O–H groups in total. The number of rotatable bonds is 4. The van der Waals surface area contributed by atoms with Crippen LogP contribution in [0, 0.1) is 0 Å². The number of anilines is 1. The summed E-state index contributed by atoms with van der Waals surface area (Å²) >= 11 is 0. The Morgan fingerprint density at radius 2 is 2.06 bits per heavy atom. The average molecular weight is 252 g/mol. The van der Waals surface area contributed by atoms with Crippen molar-refractivity contribution in [3.63, 3.8) is 0 Å². The van der Waals surface area contributed by atoms with E-state index < -0.39 is 6.43 Å². The molecule has 18 heavy (non-hydrogen) atoms. The van der Waals surface area contributed by atoms with E-state index in [4.69, 9.17) is 5.11 Å². The van der Waals surface area contributed by atoms with Crippen LogP contribution in [0.3, 0.4) is 0 Å². The molecule has 0 radical (unpaired) electrons. The number of alkyl halides is 2. The summed E-state index contributed by atoms with van der Waals surface area (Å²) in [6.45, 7) is -0.591. The van der Waals surface area contributed by atoms with Crippen LogP contribution >= 0.6 is 0 Å². The minimum Gasteiger partial charge on any atom is -0.390 e. The summed E-state index contributed by atoms with van der Waals surface area (Å²) in [7, 11) is 1.57. The van der Waals surface area contributed by atoms with Gasteiger partial charge in [-0.25, -0.2) is 13.8 Å². The molecule has 0 aliphatic carbocycles. The molecular weight excluding hydrogens is 238 g/mol. The van der Waals surface area contributed by atoms with Crippen LogP contribution in [0.4, 0.5) is 14.6 Å². The molecule has 1 aromatic heterocycles. The van der Waals surface area contributed by atoms with Crippen molar-refractivity contribution in [3.8, 4) is 0 Å². The van der Waals surface area contributed by atoms with E-state index in [0.29, 0.717) is 11.5 Å². The topological polar surface area (TPSA) is 36.4 Å². The Labute approximate surface area is 104 Å². The highest BCUT2D eigenvalue weighted by molar-refractivity contribution is 5.92. The number of aromatic nitrogens is 1. The van der Waals surface area contributed by atoms with E-state index in [1.807, 2.05) is 24.3 Å². The zero-order valence-corrected chi connectivity index (χ0v) is 9.98. The van der Waals surface area contributed by atoms with E-state index in [1.165, 1.54) is 4.90 Å². The lowest BCUT2D eigenvalue weighted by atomic mass is 10.1. The van der Waals surface area contributed by atoms with Crippen molar-refractivity contribution < 1.29 is 13.9 Å². The first-order valence-electron chi connectivity index (χ1n) is 5.60. The molecule has 96 valence electrons. The monoisotopic (exact) mass is 252 g/mol. The first kappa shape index (κ1) is 12.7. The van der Waals surface area contributed by atoms with Gasteiger partial charge in [0.2, 0.25) is 0 Å². The standard InChI is InChI=1S/C13H14F2N2O/c1-17(7-12(14)15)13-11-5-3-2-4-9(11)6-10(8-18)16-13/h2-6,12,18H,7-8H2,1H3. The van der Waals surface area contributed by atoms with Crippen LogP contribution < -0.4 is 4.90 Å². The maximum Gasteiger partial charge on any atom is 0.255 e. The summed E-state index contributed by atoms with van der Waals surface area (Å²) in [5.41, 5.74) is 0.477. The number of nitrogens with zero attached hydrogens (tertiary/aromatic N) is 2. The Morgan fingerprint density at radius 3 is 2.72 bits per heavy atom. The normalized spacial score (nSPS) is 11.2. The van der Waals surface area contributed by atoms with Crippen LogP contribution in [-0.4, -0.2) is 30.1 Å². The first-order chi connectivity index (χ1) is 8.61. The van der Waals surface area contributed by atoms with Gasteiger partial charge in [-0.2, -0.15) is 0 Å². The van der Waals surface area contributed by atoms with Crippen molar-refractivity contribution in [3.05, 3.63) is 36.0 Å². The van der Waals surface area contributed by atoms with Crippen molar-refractivity contribution in [2.24, 2.45) is 0 Å². The highest BCUT2D eigenvalue weighted by Crippen LogP contribution is 2.25. The predicted molar refractivity (Wildman–Crippen MR) is 66.9 cm³/mol. The second kappa shape index (κ2) is 5.27. The zero-order chi connectivity index (χ0) is 13.1. The fourth-order valence-corrected chi connectivity index (χ4v) is 1.90. The van der Waals surface area contributed by atoms with E-state index in [9.17, 15) is 8.78 Å². The van der Waals surface area contributed by atoms with Gasteiger partial charge in [0.1, 0.15) is 5.82 Å². The molecule has 0 aliphatic rings. The molecule has 0 spiro atoms. The number of fused-ring (bicyclic) bond motifs is 1. The molecule has 0 fully saturated rings. The molecule has 0 saturated carbocycles. The number of hydrogen-bond donors (Lipinski definition) is 1. The summed E-state index contributed by atoms with van der Waals surface area (Å²) in [5, 5.41) is 10.8. The van der Waals surface area contributed by atoms with E-state index in [-0.39, 0.29) is 13.2 Å². The summed E-state index contributed by atoms with van der Waals surface area (Å²) in [5.74, 6) is 0.470. The molecule has 0 aliphatic heterocycles. The Balaban J connectivity index is 2.53. The quantitative estimate of drug-likeness (QED) is 0.907. The molecular formula is C13H14F2N2O. The Hall–Kier alpha value is -1.75. The average Bonchev–Trinajstić information content (AvgIpc) is 2.36. The molecule has 1 heterocycles. The van der Waals surface area contributed by atoms with E-state index in [1.54, 1.807) is 13.1 Å². The largest absolute Gasteiger partial charge is 0.390 e. The Bertz CT molecular complexity index is 546. The van der Waals surface area contributed by atoms with Gasteiger partial charge in [0.15, 0.2) is 0 Å². The minimum atomic E-state index is -2.42. The smallest absolute Gasteiger partial charge is 0.255 e. The SMILES string of the molecule is CN(CC(F)F)c1nc(CO)cc2ccccc12. The van der Waals surface area contributed by atoms with Crippen LogP contribution in [0.5, 0.6) is 0 Å². The predicted octanol–water partition coefficient (Wildman–Crippen LogP) is 2.43. The third-order valence-electron chi connectivity index (χ3n) is 2.71. The lowest BCUT2D eigenvalue weighted by molar-refractivity contribution is 0.156. The van der Waals surface area contributed by atoms with Gasteiger partial charge in [-0.1, -0.05) is 24.3 Å². The summed E-state index contributed by atoms with van der Waals surface area (Å²) in [4.78, 5) is 5.62. The summed E-state index contributed by atoms with van der Waals surface area (Å²) in [6, 6.07) is 9.16. The van der Waals surface area contributed by atoms with Crippen molar-refractivity contribution in [1.29, 1.82) is 0 Å². The number of pyridine rings is 1. The minimum absolute atomic E-state index is 0.208. The molecule has 2 aromatic rings. The van der Waals surface area contributed by atoms with E-state index >= 15 is 0 Å². The zero-order valence-electron chi connectivity index (χ0n) is 9.98. The molecule has 0 amide bonds. The second-order valence-electron chi connectivity index (χ2n) is 4.09. The van der Waals surface area contributed by atoms with E-state index in [2.05, 4.69) is 4.98 Å². The number of halogens is 2. The summed E-state index contributed by atoms with van der Waals surface area (Å²) in [6.07, 6.45) is -2.42. The molecule has 2 rings (SSSR count). The van der Waals surface area contributed by atoms with Crippen LogP contribution in [0.25, 0.3) is 10.8 Å². The molecule has 0 saturated heterocycles. The van der Waals surface area contributed by atoms with Crippen LogP contribution in [-0.2, 0) is 6.61 Å². The Morgan fingerprint density at radius 1 is 1.33 bits per heavy atom. The van der Waals surface area contributed by atoms with Crippen LogP contribution in [0.15, 0.2) is 30.3 Å². The molecule has 3 nitrogen and oxygen atoms in total. The van der Waals surface area contributed by atoms with Gasteiger partial charge in [0.25, 0.3) is 6.43 Å². The van der Waals surface area contributed by atoms with Gasteiger partial charge < -0.3 is 10.0 Å². The lowest BCUT2D eigenvalue weighted by Crippen LogP contribution is -2.25. The third kappa shape index (κ3) is 2.56. The number of aliphatic hydroxyl groups excluding tert-OH is 1. The van der Waals surface area contributed by atoms with Crippen LogP contribution in [0.1, 0.15) is 5.69 Å². The molecule has 0 bridgehead atoms. The van der Waals surface area contributed by atoms with Gasteiger partial charge in [-0.15, -0.1) is 0 Å². The second-order valence-corrected chi connectivity index (χ2v) is 4.09. The molecule has 5 heteroatoms. The fourth-order valence-electron chi connectivity index (χ4n) is 1.90. The number of hydrogen-bond acceptors (Lipinski definition) is 3. The molecule has 1 aromatic carbocycles. The third-order valence-corrected chi connectivity index (χ3v) is 2.71. The molecule has 0 unspecified atom stereocenters. The van der Waals surface area contributed by atoms with Gasteiger partial charge in [0, 0.05) is 12.4 Å². The van der Waals surface area contributed by atoms with Gasteiger partial charge in [0.05, 0.1) is 18.8 Å². The van der Waals surface area contributed by atoms with Crippen molar-refractivity contribution in [2.45, 2.75) is 13.0 Å². The maximum absolute atomic E-state index is 12.4. The van der Waals surface area contributed by atoms with Crippen molar-refractivity contribution in [1.82, 2.24) is 4.98 Å². The number of benzene rings is 1.